The summed E-state index contributed by atoms with van der Waals surface area (Å²) in [6.07, 6.45) is 3.28. The number of carbonyl (C=O) groups excluding carboxylic acids is 1. The summed E-state index contributed by atoms with van der Waals surface area (Å²) >= 11 is 0. The first-order chi connectivity index (χ1) is 5.65. The molecule has 1 saturated carbocycles. The minimum atomic E-state index is 0.129. The van der Waals surface area contributed by atoms with E-state index in [2.05, 4.69) is 12.2 Å². The van der Waals surface area contributed by atoms with Crippen molar-refractivity contribution in [2.24, 2.45) is 5.92 Å². The average molecular weight is 169 g/mol. The maximum atomic E-state index is 11.3. The Morgan fingerprint density at radius 2 is 2.42 bits per heavy atom. The summed E-state index contributed by atoms with van der Waals surface area (Å²) < 4.78 is 5.51. The van der Waals surface area contributed by atoms with E-state index in [9.17, 15) is 4.79 Å². The number of rotatable bonds is 1. The highest BCUT2D eigenvalue weighted by Gasteiger charge is 2.56. The molecule has 3 nitrogen and oxygen atoms in total. The van der Waals surface area contributed by atoms with Crippen molar-refractivity contribution in [3.05, 3.63) is 0 Å². The molecule has 3 unspecified atom stereocenters. The first-order valence-electron chi connectivity index (χ1n) is 4.55. The van der Waals surface area contributed by atoms with Gasteiger partial charge in [-0.1, -0.05) is 0 Å². The summed E-state index contributed by atoms with van der Waals surface area (Å²) in [5, 5.41) is 2.69. The molecule has 0 spiro atoms. The minimum absolute atomic E-state index is 0.129. The molecule has 2 aliphatic rings. The number of nitrogens with one attached hydrogen (secondary N) is 1. The van der Waals surface area contributed by atoms with Gasteiger partial charge in [-0.2, -0.15) is 0 Å². The molecule has 3 heteroatoms. The summed E-state index contributed by atoms with van der Waals surface area (Å²) in [5.74, 6) is 0.364. The molecule has 3 atom stereocenters. The van der Waals surface area contributed by atoms with Gasteiger partial charge in [0, 0.05) is 13.0 Å². The second-order valence-electron chi connectivity index (χ2n) is 4.00. The second-order valence-corrected chi connectivity index (χ2v) is 4.00. The molecule has 1 N–H and O–H groups in total. The molecule has 0 radical (unpaired) electrons. The molecule has 1 aliphatic heterocycles. The van der Waals surface area contributed by atoms with E-state index in [0.717, 1.165) is 19.3 Å². The Labute approximate surface area is 72.5 Å². The van der Waals surface area contributed by atoms with Crippen molar-refractivity contribution in [2.45, 2.75) is 37.9 Å². The standard InChI is InChI=1S/C9H15NO2/c1-9-4-3-6(8(11)10-2)5-7(9)12-9/h6-7H,3-5H2,1-2H3,(H,10,11). The van der Waals surface area contributed by atoms with Crippen LogP contribution in [0.3, 0.4) is 0 Å². The predicted octanol–water partition coefficient (Wildman–Crippen LogP) is 0.690. The third-order valence-electron chi connectivity index (χ3n) is 3.14. The first-order valence-corrected chi connectivity index (χ1v) is 4.55. The van der Waals surface area contributed by atoms with Gasteiger partial charge in [-0.3, -0.25) is 4.79 Å². The molecule has 0 aromatic heterocycles. The van der Waals surface area contributed by atoms with Crippen molar-refractivity contribution in [1.82, 2.24) is 5.32 Å². The van der Waals surface area contributed by atoms with E-state index in [1.807, 2.05) is 0 Å². The van der Waals surface area contributed by atoms with E-state index < -0.39 is 0 Å². The number of amides is 1. The van der Waals surface area contributed by atoms with Crippen LogP contribution in [0.4, 0.5) is 0 Å². The maximum Gasteiger partial charge on any atom is 0.222 e. The molecule has 1 saturated heterocycles. The molecular weight excluding hydrogens is 154 g/mol. The van der Waals surface area contributed by atoms with Crippen LogP contribution in [0, 0.1) is 5.92 Å². The third-order valence-corrected chi connectivity index (χ3v) is 3.14. The topological polar surface area (TPSA) is 41.6 Å². The number of fused-ring (bicyclic) bond motifs is 1. The van der Waals surface area contributed by atoms with Crippen LogP contribution in [0.15, 0.2) is 0 Å². The largest absolute Gasteiger partial charge is 0.366 e. The van der Waals surface area contributed by atoms with Crippen LogP contribution in [-0.4, -0.2) is 24.7 Å². The third kappa shape index (κ3) is 1.12. The van der Waals surface area contributed by atoms with E-state index in [1.165, 1.54) is 0 Å². The fourth-order valence-electron chi connectivity index (χ4n) is 2.09. The zero-order chi connectivity index (χ0) is 8.77. The van der Waals surface area contributed by atoms with Gasteiger partial charge in [0.1, 0.15) is 0 Å². The lowest BCUT2D eigenvalue weighted by molar-refractivity contribution is -0.125. The Bertz CT molecular complexity index is 217. The van der Waals surface area contributed by atoms with Gasteiger partial charge in [0.05, 0.1) is 11.7 Å². The van der Waals surface area contributed by atoms with Crippen molar-refractivity contribution in [2.75, 3.05) is 7.05 Å². The molecular formula is C9H15NO2. The predicted molar refractivity (Wildman–Crippen MR) is 44.7 cm³/mol. The van der Waals surface area contributed by atoms with E-state index in [-0.39, 0.29) is 17.4 Å². The Hall–Kier alpha value is -0.570. The maximum absolute atomic E-state index is 11.3. The average Bonchev–Trinajstić information content (AvgIpc) is 2.73. The molecule has 1 heterocycles. The van der Waals surface area contributed by atoms with Crippen molar-refractivity contribution in [3.63, 3.8) is 0 Å². The van der Waals surface area contributed by atoms with E-state index in [1.54, 1.807) is 7.05 Å². The summed E-state index contributed by atoms with van der Waals surface area (Å²) in [7, 11) is 1.70. The Morgan fingerprint density at radius 1 is 1.67 bits per heavy atom. The van der Waals surface area contributed by atoms with E-state index in [0.29, 0.717) is 6.10 Å². The summed E-state index contributed by atoms with van der Waals surface area (Å²) in [4.78, 5) is 11.3. The van der Waals surface area contributed by atoms with Gasteiger partial charge in [0.2, 0.25) is 5.91 Å². The van der Waals surface area contributed by atoms with Crippen LogP contribution in [0.1, 0.15) is 26.2 Å². The zero-order valence-electron chi connectivity index (χ0n) is 7.59. The molecule has 0 aromatic carbocycles. The highest BCUT2D eigenvalue weighted by molar-refractivity contribution is 5.78. The first kappa shape index (κ1) is 8.05. The molecule has 0 aromatic rings. The smallest absolute Gasteiger partial charge is 0.222 e. The minimum Gasteiger partial charge on any atom is -0.366 e. The van der Waals surface area contributed by atoms with Crippen LogP contribution < -0.4 is 5.32 Å². The molecule has 0 bridgehead atoms. The Balaban J connectivity index is 1.93. The van der Waals surface area contributed by atoms with Gasteiger partial charge in [0.15, 0.2) is 0 Å². The SMILES string of the molecule is CNC(=O)C1CCC2(C)OC2C1. The summed E-state index contributed by atoms with van der Waals surface area (Å²) in [6, 6.07) is 0. The number of hydrogen-bond donors (Lipinski definition) is 1. The van der Waals surface area contributed by atoms with Gasteiger partial charge in [0.25, 0.3) is 0 Å². The second kappa shape index (κ2) is 2.46. The van der Waals surface area contributed by atoms with Gasteiger partial charge in [-0.25, -0.2) is 0 Å². The molecule has 2 fully saturated rings. The lowest BCUT2D eigenvalue weighted by Gasteiger charge is -2.20. The zero-order valence-corrected chi connectivity index (χ0v) is 7.59. The summed E-state index contributed by atoms with van der Waals surface area (Å²) in [6.45, 7) is 2.14. The lowest BCUT2D eigenvalue weighted by Crippen LogP contribution is -2.33. The van der Waals surface area contributed by atoms with Crippen molar-refractivity contribution in [3.8, 4) is 0 Å². The van der Waals surface area contributed by atoms with Crippen molar-refractivity contribution in [1.29, 1.82) is 0 Å². The fourth-order valence-corrected chi connectivity index (χ4v) is 2.09. The molecule has 12 heavy (non-hydrogen) atoms. The van der Waals surface area contributed by atoms with Crippen LogP contribution in [0.5, 0.6) is 0 Å². The van der Waals surface area contributed by atoms with E-state index in [4.69, 9.17) is 4.74 Å². The Kier molecular flexibility index (Phi) is 1.65. The van der Waals surface area contributed by atoms with E-state index >= 15 is 0 Å². The molecule has 1 aliphatic carbocycles. The number of epoxide rings is 1. The monoisotopic (exact) mass is 169 g/mol. The van der Waals surface area contributed by atoms with Crippen LogP contribution in [0.2, 0.25) is 0 Å². The molecule has 2 rings (SSSR count). The lowest BCUT2D eigenvalue weighted by atomic mass is 9.82. The van der Waals surface area contributed by atoms with Crippen LogP contribution in [0.25, 0.3) is 0 Å². The van der Waals surface area contributed by atoms with Crippen LogP contribution in [-0.2, 0) is 9.53 Å². The highest BCUT2D eigenvalue weighted by atomic mass is 16.6. The van der Waals surface area contributed by atoms with Crippen molar-refractivity contribution < 1.29 is 9.53 Å². The van der Waals surface area contributed by atoms with Gasteiger partial charge in [-0.05, 0) is 26.2 Å². The van der Waals surface area contributed by atoms with Crippen molar-refractivity contribution >= 4 is 5.91 Å². The van der Waals surface area contributed by atoms with Crippen LogP contribution >= 0.6 is 0 Å². The van der Waals surface area contributed by atoms with Gasteiger partial charge >= 0.3 is 0 Å². The van der Waals surface area contributed by atoms with Gasteiger partial charge in [-0.15, -0.1) is 0 Å². The summed E-state index contributed by atoms with van der Waals surface area (Å²) in [5.41, 5.74) is 0.129. The molecule has 1 amide bonds. The normalized spacial score (nSPS) is 44.8. The Morgan fingerprint density at radius 3 is 3.00 bits per heavy atom. The number of hydrogen-bond acceptors (Lipinski definition) is 2. The quantitative estimate of drug-likeness (QED) is 0.587. The number of carbonyl (C=O) groups is 1. The highest BCUT2D eigenvalue weighted by Crippen LogP contribution is 2.49. The number of ether oxygens (including phenoxy) is 1. The molecule has 68 valence electrons. The fraction of sp³-hybridized carbons (Fsp3) is 0.889. The van der Waals surface area contributed by atoms with Gasteiger partial charge < -0.3 is 10.1 Å².